The molecule has 0 radical (unpaired) electrons. The Kier molecular flexibility index (Phi) is 6.38. The van der Waals surface area contributed by atoms with Crippen LogP contribution in [0.2, 0.25) is 0 Å². The van der Waals surface area contributed by atoms with Gasteiger partial charge in [-0.25, -0.2) is 4.79 Å². The van der Waals surface area contributed by atoms with Crippen molar-refractivity contribution in [2.75, 3.05) is 13.7 Å². The summed E-state index contributed by atoms with van der Waals surface area (Å²) in [6, 6.07) is 8.61. The van der Waals surface area contributed by atoms with Gasteiger partial charge in [-0.1, -0.05) is 30.3 Å². The maximum Gasteiger partial charge on any atom is 0.407 e. The maximum atomic E-state index is 11.3. The molecular formula is C13H18N2O4. The second-order valence-corrected chi connectivity index (χ2v) is 3.91. The molecule has 104 valence electrons. The molecule has 6 heteroatoms. The van der Waals surface area contributed by atoms with Crippen LogP contribution < -0.4 is 11.1 Å². The van der Waals surface area contributed by atoms with Crippen molar-refractivity contribution < 1.29 is 19.1 Å². The van der Waals surface area contributed by atoms with Crippen LogP contribution >= 0.6 is 0 Å². The number of methoxy groups -OCH3 is 1. The van der Waals surface area contributed by atoms with Crippen molar-refractivity contribution in [3.63, 3.8) is 0 Å². The van der Waals surface area contributed by atoms with Gasteiger partial charge in [-0.05, 0) is 12.0 Å². The van der Waals surface area contributed by atoms with Crippen molar-refractivity contribution in [1.29, 1.82) is 0 Å². The van der Waals surface area contributed by atoms with E-state index in [0.29, 0.717) is 6.42 Å². The normalized spacial score (nSPS) is 11.5. The molecule has 0 fully saturated rings. The van der Waals surface area contributed by atoms with Gasteiger partial charge in [0.25, 0.3) is 0 Å². The van der Waals surface area contributed by atoms with Gasteiger partial charge in [0.15, 0.2) is 0 Å². The summed E-state index contributed by atoms with van der Waals surface area (Å²) < 4.78 is 9.46. The fourth-order valence-corrected chi connectivity index (χ4v) is 1.37. The number of amides is 1. The van der Waals surface area contributed by atoms with Crippen LogP contribution in [-0.4, -0.2) is 31.8 Å². The highest BCUT2D eigenvalue weighted by Crippen LogP contribution is 2.00. The summed E-state index contributed by atoms with van der Waals surface area (Å²) in [6.45, 7) is 0.458. The van der Waals surface area contributed by atoms with Crippen molar-refractivity contribution in [3.05, 3.63) is 35.9 Å². The quantitative estimate of drug-likeness (QED) is 0.743. The minimum absolute atomic E-state index is 0.204. The fourth-order valence-electron chi connectivity index (χ4n) is 1.37. The van der Waals surface area contributed by atoms with E-state index in [9.17, 15) is 9.59 Å². The van der Waals surface area contributed by atoms with Gasteiger partial charge in [-0.3, -0.25) is 4.79 Å². The molecule has 0 aliphatic heterocycles. The molecule has 0 saturated carbocycles. The van der Waals surface area contributed by atoms with E-state index >= 15 is 0 Å². The smallest absolute Gasteiger partial charge is 0.407 e. The molecule has 6 nitrogen and oxygen atoms in total. The largest absolute Gasteiger partial charge is 0.468 e. The van der Waals surface area contributed by atoms with Crippen LogP contribution in [0, 0.1) is 0 Å². The first-order valence-corrected chi connectivity index (χ1v) is 5.91. The topological polar surface area (TPSA) is 90.6 Å². The average Bonchev–Trinajstić information content (AvgIpc) is 2.45. The summed E-state index contributed by atoms with van der Waals surface area (Å²) in [7, 11) is 1.27. The van der Waals surface area contributed by atoms with Crippen LogP contribution in [0.3, 0.4) is 0 Å². The molecule has 3 N–H and O–H groups in total. The highest BCUT2D eigenvalue weighted by atomic mass is 16.5. The fraction of sp³-hybridized carbons (Fsp3) is 0.385. The molecule has 1 aromatic carbocycles. The summed E-state index contributed by atoms with van der Waals surface area (Å²) in [6.07, 6.45) is -0.242. The molecule has 1 amide bonds. The first kappa shape index (κ1) is 15.0. The Balaban J connectivity index is 2.16. The number of carbonyl (C=O) groups is 2. The number of esters is 1. The molecule has 0 aromatic heterocycles. The molecule has 19 heavy (non-hydrogen) atoms. The zero-order valence-corrected chi connectivity index (χ0v) is 10.8. The zero-order chi connectivity index (χ0) is 14.1. The van der Waals surface area contributed by atoms with E-state index < -0.39 is 18.1 Å². The number of nitrogens with one attached hydrogen (secondary N) is 1. The van der Waals surface area contributed by atoms with E-state index in [4.69, 9.17) is 10.5 Å². The zero-order valence-electron chi connectivity index (χ0n) is 10.8. The molecule has 0 bridgehead atoms. The van der Waals surface area contributed by atoms with Crippen LogP contribution in [0.4, 0.5) is 4.79 Å². The van der Waals surface area contributed by atoms with Crippen LogP contribution in [-0.2, 0) is 20.9 Å². The van der Waals surface area contributed by atoms with Gasteiger partial charge in [0.1, 0.15) is 12.6 Å². The molecule has 0 aliphatic carbocycles. The number of rotatable bonds is 6. The van der Waals surface area contributed by atoms with Gasteiger partial charge in [-0.15, -0.1) is 0 Å². The summed E-state index contributed by atoms with van der Waals surface area (Å²) in [5.74, 6) is -0.501. The van der Waals surface area contributed by atoms with Crippen LogP contribution in [0.5, 0.6) is 0 Å². The molecule has 1 rings (SSSR count). The molecule has 0 saturated heterocycles. The van der Waals surface area contributed by atoms with Gasteiger partial charge in [0.2, 0.25) is 0 Å². The first-order chi connectivity index (χ1) is 9.13. The van der Waals surface area contributed by atoms with E-state index in [1.54, 1.807) is 0 Å². The molecule has 0 spiro atoms. The summed E-state index contributed by atoms with van der Waals surface area (Å²) >= 11 is 0. The summed E-state index contributed by atoms with van der Waals surface area (Å²) in [5, 5.41) is 2.51. The lowest BCUT2D eigenvalue weighted by Gasteiger charge is -2.10. The number of benzene rings is 1. The standard InChI is InChI=1S/C13H18N2O4/c1-18-12(16)11(14)7-8-15-13(17)19-9-10-5-3-2-4-6-10/h2-6,11H,7-9,14H2,1H3,(H,15,17)/t11-/m1/s1. The van der Waals surface area contributed by atoms with Crippen molar-refractivity contribution in [2.45, 2.75) is 19.1 Å². The number of carbonyl (C=O) groups excluding carboxylic acids is 2. The van der Waals surface area contributed by atoms with E-state index in [0.717, 1.165) is 5.56 Å². The Labute approximate surface area is 111 Å². The van der Waals surface area contributed by atoms with Gasteiger partial charge in [0.05, 0.1) is 7.11 Å². The van der Waals surface area contributed by atoms with E-state index in [2.05, 4.69) is 10.1 Å². The van der Waals surface area contributed by atoms with Crippen LogP contribution in [0.15, 0.2) is 30.3 Å². The van der Waals surface area contributed by atoms with Crippen LogP contribution in [0.1, 0.15) is 12.0 Å². The van der Waals surface area contributed by atoms with Crippen molar-refractivity contribution in [3.8, 4) is 0 Å². The Morgan fingerprint density at radius 3 is 2.63 bits per heavy atom. The van der Waals surface area contributed by atoms with Gasteiger partial charge < -0.3 is 20.5 Å². The molecule has 0 aliphatic rings. The lowest BCUT2D eigenvalue weighted by Crippen LogP contribution is -2.36. The predicted molar refractivity (Wildman–Crippen MR) is 69.2 cm³/mol. The second-order valence-electron chi connectivity index (χ2n) is 3.91. The second kappa shape index (κ2) is 8.10. The minimum Gasteiger partial charge on any atom is -0.468 e. The third-order valence-electron chi connectivity index (χ3n) is 2.44. The Morgan fingerprint density at radius 1 is 1.32 bits per heavy atom. The molecule has 0 unspecified atom stereocenters. The SMILES string of the molecule is COC(=O)[C@H](N)CCNC(=O)OCc1ccccc1. The van der Waals surface area contributed by atoms with E-state index in [-0.39, 0.29) is 13.2 Å². The maximum absolute atomic E-state index is 11.3. The van der Waals surface area contributed by atoms with Gasteiger partial charge in [0, 0.05) is 6.54 Å². The minimum atomic E-state index is -0.737. The lowest BCUT2D eigenvalue weighted by atomic mass is 10.2. The molecule has 1 aromatic rings. The molecule has 1 atom stereocenters. The van der Waals surface area contributed by atoms with Crippen LogP contribution in [0.25, 0.3) is 0 Å². The lowest BCUT2D eigenvalue weighted by molar-refractivity contribution is -0.142. The number of ether oxygens (including phenoxy) is 2. The third kappa shape index (κ3) is 5.87. The average molecular weight is 266 g/mol. The number of hydrogen-bond donors (Lipinski definition) is 2. The van der Waals surface area contributed by atoms with Crippen molar-refractivity contribution in [1.82, 2.24) is 5.32 Å². The summed E-state index contributed by atoms with van der Waals surface area (Å²) in [4.78, 5) is 22.4. The summed E-state index contributed by atoms with van der Waals surface area (Å²) in [5.41, 5.74) is 6.42. The molecule has 0 heterocycles. The van der Waals surface area contributed by atoms with Gasteiger partial charge >= 0.3 is 12.1 Å². The highest BCUT2D eigenvalue weighted by molar-refractivity contribution is 5.75. The number of hydrogen-bond acceptors (Lipinski definition) is 5. The van der Waals surface area contributed by atoms with Gasteiger partial charge in [-0.2, -0.15) is 0 Å². The van der Waals surface area contributed by atoms with Crippen molar-refractivity contribution in [2.24, 2.45) is 5.73 Å². The molecular weight excluding hydrogens is 248 g/mol. The Hall–Kier alpha value is -2.08. The monoisotopic (exact) mass is 266 g/mol. The first-order valence-electron chi connectivity index (χ1n) is 5.91. The Bertz CT molecular complexity index is 408. The predicted octanol–water partition coefficient (Wildman–Crippen LogP) is 0.803. The Morgan fingerprint density at radius 2 is 2.00 bits per heavy atom. The number of alkyl carbamates (subject to hydrolysis) is 1. The third-order valence-corrected chi connectivity index (χ3v) is 2.44. The van der Waals surface area contributed by atoms with Crippen molar-refractivity contribution >= 4 is 12.1 Å². The number of nitrogens with two attached hydrogens (primary N) is 1. The van der Waals surface area contributed by atoms with E-state index in [1.165, 1.54) is 7.11 Å². The van der Waals surface area contributed by atoms with E-state index in [1.807, 2.05) is 30.3 Å². The highest BCUT2D eigenvalue weighted by Gasteiger charge is 2.13.